The van der Waals surface area contributed by atoms with Crippen LogP contribution in [0.15, 0.2) is 18.2 Å². The molecular formula is C14H19Cl2N3. The lowest BCUT2D eigenvalue weighted by Crippen LogP contribution is -2.16. The first-order chi connectivity index (χ1) is 9.13. The van der Waals surface area contributed by atoms with Crippen LogP contribution in [0.2, 0.25) is 5.02 Å². The van der Waals surface area contributed by atoms with E-state index in [4.69, 9.17) is 23.2 Å². The lowest BCUT2D eigenvalue weighted by molar-refractivity contribution is 0.386. The van der Waals surface area contributed by atoms with Crippen molar-refractivity contribution in [1.82, 2.24) is 14.5 Å². The van der Waals surface area contributed by atoms with Crippen molar-refractivity contribution in [2.24, 2.45) is 0 Å². The lowest BCUT2D eigenvalue weighted by atomic mass is 10.3. The predicted molar refractivity (Wildman–Crippen MR) is 82.3 cm³/mol. The fraction of sp³-hybridized carbons (Fsp3) is 0.500. The van der Waals surface area contributed by atoms with Crippen LogP contribution in [0.3, 0.4) is 0 Å². The van der Waals surface area contributed by atoms with Crippen molar-refractivity contribution in [2.75, 3.05) is 26.5 Å². The summed E-state index contributed by atoms with van der Waals surface area (Å²) in [5.74, 6) is 1.60. The molecule has 0 aliphatic rings. The van der Waals surface area contributed by atoms with Crippen molar-refractivity contribution < 1.29 is 0 Å². The summed E-state index contributed by atoms with van der Waals surface area (Å²) in [6, 6.07) is 5.92. The Labute approximate surface area is 124 Å². The number of alkyl halides is 1. The minimum atomic E-state index is 0.578. The van der Waals surface area contributed by atoms with Crippen LogP contribution in [0.25, 0.3) is 11.0 Å². The van der Waals surface area contributed by atoms with Gasteiger partial charge >= 0.3 is 0 Å². The van der Waals surface area contributed by atoms with Gasteiger partial charge in [0.2, 0.25) is 0 Å². The fourth-order valence-corrected chi connectivity index (χ4v) is 2.61. The fourth-order valence-electron chi connectivity index (χ4n) is 2.23. The second kappa shape index (κ2) is 6.60. The summed E-state index contributed by atoms with van der Waals surface area (Å²) in [4.78, 5) is 6.82. The zero-order valence-corrected chi connectivity index (χ0v) is 12.9. The third-order valence-electron chi connectivity index (χ3n) is 3.11. The zero-order valence-electron chi connectivity index (χ0n) is 11.4. The van der Waals surface area contributed by atoms with Crippen LogP contribution in [0.1, 0.15) is 12.2 Å². The van der Waals surface area contributed by atoms with E-state index in [0.717, 1.165) is 42.8 Å². The van der Waals surface area contributed by atoms with Crippen molar-refractivity contribution in [2.45, 2.75) is 19.4 Å². The van der Waals surface area contributed by atoms with Gasteiger partial charge in [-0.25, -0.2) is 4.98 Å². The molecule has 1 heterocycles. The standard InChI is InChI=1S/C14H19Cl2N3/c1-18(2)9-4-10-19-12-6-3-5-11(16)14(12)17-13(19)7-8-15/h3,5-6H,4,7-10H2,1-2H3. The maximum absolute atomic E-state index is 6.21. The van der Waals surface area contributed by atoms with Crippen molar-refractivity contribution in [3.8, 4) is 0 Å². The number of halogens is 2. The molecule has 104 valence electrons. The minimum Gasteiger partial charge on any atom is -0.328 e. The van der Waals surface area contributed by atoms with Gasteiger partial charge in [-0.15, -0.1) is 11.6 Å². The molecule has 1 aromatic carbocycles. The van der Waals surface area contributed by atoms with E-state index in [1.807, 2.05) is 12.1 Å². The van der Waals surface area contributed by atoms with Gasteiger partial charge in [-0.2, -0.15) is 0 Å². The van der Waals surface area contributed by atoms with Gasteiger partial charge in [0.1, 0.15) is 11.3 Å². The number of aryl methyl sites for hydroxylation is 2. The van der Waals surface area contributed by atoms with E-state index in [2.05, 4.69) is 34.6 Å². The number of hydrogen-bond donors (Lipinski definition) is 0. The SMILES string of the molecule is CN(C)CCCn1c(CCCl)nc2c(Cl)cccc21. The molecule has 0 atom stereocenters. The maximum Gasteiger partial charge on any atom is 0.111 e. The van der Waals surface area contributed by atoms with E-state index in [1.165, 1.54) is 0 Å². The van der Waals surface area contributed by atoms with Crippen molar-refractivity contribution in [1.29, 1.82) is 0 Å². The van der Waals surface area contributed by atoms with E-state index < -0.39 is 0 Å². The molecule has 0 fully saturated rings. The summed E-state index contributed by atoms with van der Waals surface area (Å²) >= 11 is 12.1. The zero-order chi connectivity index (χ0) is 13.8. The minimum absolute atomic E-state index is 0.578. The van der Waals surface area contributed by atoms with E-state index in [9.17, 15) is 0 Å². The second-order valence-electron chi connectivity index (χ2n) is 4.88. The van der Waals surface area contributed by atoms with Crippen molar-refractivity contribution in [3.05, 3.63) is 29.0 Å². The molecule has 0 spiro atoms. The van der Waals surface area contributed by atoms with Crippen LogP contribution in [0.5, 0.6) is 0 Å². The predicted octanol–water partition coefficient (Wildman–Crippen LogP) is 3.42. The van der Waals surface area contributed by atoms with Gasteiger partial charge in [-0.1, -0.05) is 17.7 Å². The number of nitrogens with zero attached hydrogens (tertiary/aromatic N) is 3. The Morgan fingerprint density at radius 1 is 1.32 bits per heavy atom. The van der Waals surface area contributed by atoms with Crippen LogP contribution in [-0.4, -0.2) is 41.0 Å². The molecule has 1 aromatic heterocycles. The summed E-state index contributed by atoms with van der Waals surface area (Å²) in [6.07, 6.45) is 1.86. The Morgan fingerprint density at radius 2 is 2.11 bits per heavy atom. The highest BCUT2D eigenvalue weighted by Gasteiger charge is 2.12. The van der Waals surface area contributed by atoms with Crippen LogP contribution in [-0.2, 0) is 13.0 Å². The van der Waals surface area contributed by atoms with Gasteiger partial charge in [0, 0.05) is 18.8 Å². The average Bonchev–Trinajstić information content (AvgIpc) is 2.70. The number of imidazole rings is 1. The molecule has 0 saturated carbocycles. The molecule has 0 amide bonds. The average molecular weight is 300 g/mol. The number of aromatic nitrogens is 2. The third-order valence-corrected chi connectivity index (χ3v) is 3.61. The summed E-state index contributed by atoms with van der Waals surface area (Å²) in [7, 11) is 4.17. The molecule has 0 radical (unpaired) electrons. The van der Waals surface area contributed by atoms with Crippen LogP contribution >= 0.6 is 23.2 Å². The highest BCUT2D eigenvalue weighted by Crippen LogP contribution is 2.24. The van der Waals surface area contributed by atoms with Crippen LogP contribution in [0, 0.1) is 0 Å². The van der Waals surface area contributed by atoms with Crippen molar-refractivity contribution >= 4 is 34.2 Å². The van der Waals surface area contributed by atoms with E-state index in [1.54, 1.807) is 0 Å². The molecule has 0 aliphatic carbocycles. The Bertz CT molecular complexity index is 549. The smallest absolute Gasteiger partial charge is 0.111 e. The molecule has 0 unspecified atom stereocenters. The molecule has 5 heteroatoms. The monoisotopic (exact) mass is 299 g/mol. The molecule has 0 aliphatic heterocycles. The summed E-state index contributed by atoms with van der Waals surface area (Å²) in [5.41, 5.74) is 1.99. The maximum atomic E-state index is 6.21. The molecule has 0 saturated heterocycles. The van der Waals surface area contributed by atoms with Crippen molar-refractivity contribution in [3.63, 3.8) is 0 Å². The van der Waals surface area contributed by atoms with Crippen LogP contribution in [0.4, 0.5) is 0 Å². The van der Waals surface area contributed by atoms with E-state index >= 15 is 0 Å². The summed E-state index contributed by atoms with van der Waals surface area (Å²) < 4.78 is 2.24. The molecule has 0 N–H and O–H groups in total. The number of rotatable bonds is 6. The number of hydrogen-bond acceptors (Lipinski definition) is 2. The highest BCUT2D eigenvalue weighted by molar-refractivity contribution is 6.34. The molecule has 2 rings (SSSR count). The topological polar surface area (TPSA) is 21.1 Å². The Morgan fingerprint density at radius 3 is 2.79 bits per heavy atom. The Balaban J connectivity index is 2.32. The van der Waals surface area contributed by atoms with E-state index in [-0.39, 0.29) is 0 Å². The van der Waals surface area contributed by atoms with Gasteiger partial charge in [0.15, 0.2) is 0 Å². The molecular weight excluding hydrogens is 281 g/mol. The quantitative estimate of drug-likeness (QED) is 0.762. The first kappa shape index (κ1) is 14.6. The summed E-state index contributed by atoms with van der Waals surface area (Å²) in [6.45, 7) is 2.00. The molecule has 3 nitrogen and oxygen atoms in total. The van der Waals surface area contributed by atoms with Gasteiger partial charge in [0.25, 0.3) is 0 Å². The summed E-state index contributed by atoms with van der Waals surface area (Å²) in [5, 5.41) is 0.708. The molecule has 19 heavy (non-hydrogen) atoms. The first-order valence-electron chi connectivity index (χ1n) is 6.48. The van der Waals surface area contributed by atoms with Gasteiger partial charge in [0.05, 0.1) is 10.5 Å². The lowest BCUT2D eigenvalue weighted by Gasteiger charge is -2.12. The highest BCUT2D eigenvalue weighted by atomic mass is 35.5. The first-order valence-corrected chi connectivity index (χ1v) is 7.39. The van der Waals surface area contributed by atoms with Gasteiger partial charge in [-0.3, -0.25) is 0 Å². The Kier molecular flexibility index (Phi) is 5.08. The van der Waals surface area contributed by atoms with Crippen LogP contribution < -0.4 is 0 Å². The normalized spacial score (nSPS) is 11.6. The van der Waals surface area contributed by atoms with Gasteiger partial charge < -0.3 is 9.47 Å². The second-order valence-corrected chi connectivity index (χ2v) is 5.67. The molecule has 2 aromatic rings. The van der Waals surface area contributed by atoms with E-state index in [0.29, 0.717) is 10.9 Å². The number of benzene rings is 1. The Hall–Kier alpha value is -0.770. The molecule has 0 bridgehead atoms. The third kappa shape index (κ3) is 3.41. The largest absolute Gasteiger partial charge is 0.328 e. The van der Waals surface area contributed by atoms with Gasteiger partial charge in [-0.05, 0) is 39.2 Å². The number of fused-ring (bicyclic) bond motifs is 1. The number of para-hydroxylation sites is 1.